The third kappa shape index (κ3) is 3.00. The Morgan fingerprint density at radius 3 is 2.72 bits per heavy atom. The Hall–Kier alpha value is -1.14. The fourth-order valence-electron chi connectivity index (χ4n) is 2.14. The molecule has 1 aromatic carbocycles. The Labute approximate surface area is 113 Å². The predicted molar refractivity (Wildman–Crippen MR) is 69.7 cm³/mol. The number of aliphatic hydroxyl groups is 1. The molecule has 1 saturated carbocycles. The van der Waals surface area contributed by atoms with Gasteiger partial charge in [0.15, 0.2) is 5.75 Å². The lowest BCUT2D eigenvalue weighted by atomic mass is 10.0. The lowest BCUT2D eigenvalue weighted by Gasteiger charge is -2.22. The molecule has 0 bridgehead atoms. The molecule has 1 aromatic rings. The molecule has 2 rings (SSSR count). The van der Waals surface area contributed by atoms with E-state index in [9.17, 15) is 15.2 Å². The van der Waals surface area contributed by atoms with Crippen LogP contribution in [0.3, 0.4) is 0 Å². The molecule has 1 aliphatic rings. The normalized spacial score (nSPS) is 17.7. The molecule has 0 amide bonds. The number of hydrogen-bond donors (Lipinski definition) is 1. The molecule has 0 spiro atoms. The van der Waals surface area contributed by atoms with Crippen molar-refractivity contribution in [2.45, 2.75) is 31.3 Å². The maximum absolute atomic E-state index is 10.9. The van der Waals surface area contributed by atoms with E-state index < -0.39 is 10.5 Å². The van der Waals surface area contributed by atoms with E-state index in [2.05, 4.69) is 15.9 Å². The number of hydrogen-bond acceptors (Lipinski definition) is 4. The number of nitrogens with zero attached hydrogens (tertiary/aromatic N) is 1. The monoisotopic (exact) mass is 315 g/mol. The maximum atomic E-state index is 10.9. The molecule has 98 valence electrons. The zero-order valence-electron chi connectivity index (χ0n) is 9.76. The van der Waals surface area contributed by atoms with Gasteiger partial charge in [0.25, 0.3) is 0 Å². The van der Waals surface area contributed by atoms with Crippen LogP contribution in [0.4, 0.5) is 5.69 Å². The van der Waals surface area contributed by atoms with Gasteiger partial charge in [-0.3, -0.25) is 10.1 Å². The maximum Gasteiger partial charge on any atom is 0.312 e. The van der Waals surface area contributed by atoms with Gasteiger partial charge in [-0.1, -0.05) is 28.8 Å². The number of ether oxygens (including phenoxy) is 1. The van der Waals surface area contributed by atoms with Crippen molar-refractivity contribution in [3.8, 4) is 5.75 Å². The first-order chi connectivity index (χ1) is 8.50. The van der Waals surface area contributed by atoms with Crippen molar-refractivity contribution in [2.75, 3.05) is 6.61 Å². The number of nitro groups is 1. The second-order valence-electron chi connectivity index (χ2n) is 4.59. The van der Waals surface area contributed by atoms with Crippen molar-refractivity contribution in [1.82, 2.24) is 0 Å². The van der Waals surface area contributed by atoms with Crippen LogP contribution in [0.2, 0.25) is 0 Å². The molecular formula is C12H14BrNO4. The van der Waals surface area contributed by atoms with Crippen LogP contribution in [0.25, 0.3) is 0 Å². The van der Waals surface area contributed by atoms with Gasteiger partial charge in [-0.05, 0) is 25.0 Å². The molecule has 1 N–H and O–H groups in total. The smallest absolute Gasteiger partial charge is 0.312 e. The standard InChI is InChI=1S/C12H14BrNO4/c13-9-3-4-11(10(7-9)14(16)17)18-8-12(15)5-1-2-6-12/h3-4,7,15H,1-2,5-6,8H2. The van der Waals surface area contributed by atoms with Crippen molar-refractivity contribution < 1.29 is 14.8 Å². The van der Waals surface area contributed by atoms with Gasteiger partial charge >= 0.3 is 5.69 Å². The van der Waals surface area contributed by atoms with E-state index in [1.54, 1.807) is 12.1 Å². The zero-order valence-corrected chi connectivity index (χ0v) is 11.4. The molecule has 0 heterocycles. The third-order valence-electron chi connectivity index (χ3n) is 3.15. The van der Waals surface area contributed by atoms with E-state index in [0.717, 1.165) is 12.8 Å². The average molecular weight is 316 g/mol. The molecule has 0 aromatic heterocycles. The number of rotatable bonds is 4. The predicted octanol–water partition coefficient (Wildman–Crippen LogP) is 3.04. The minimum atomic E-state index is -0.832. The summed E-state index contributed by atoms with van der Waals surface area (Å²) in [6.45, 7) is 0.107. The van der Waals surface area contributed by atoms with E-state index in [0.29, 0.717) is 17.3 Å². The molecule has 18 heavy (non-hydrogen) atoms. The van der Waals surface area contributed by atoms with Crippen LogP contribution in [0.5, 0.6) is 5.75 Å². The van der Waals surface area contributed by atoms with Crippen LogP contribution in [-0.2, 0) is 0 Å². The number of halogens is 1. The second kappa shape index (κ2) is 5.24. The van der Waals surface area contributed by atoms with Gasteiger partial charge in [0.2, 0.25) is 0 Å². The molecule has 6 heteroatoms. The summed E-state index contributed by atoms with van der Waals surface area (Å²) in [5.41, 5.74) is -0.924. The highest BCUT2D eigenvalue weighted by atomic mass is 79.9. The lowest BCUT2D eigenvalue weighted by molar-refractivity contribution is -0.386. The van der Waals surface area contributed by atoms with Crippen LogP contribution in [0.15, 0.2) is 22.7 Å². The highest BCUT2D eigenvalue weighted by Crippen LogP contribution is 2.33. The summed E-state index contributed by atoms with van der Waals surface area (Å²) in [7, 11) is 0. The zero-order chi connectivity index (χ0) is 13.2. The molecule has 5 nitrogen and oxygen atoms in total. The van der Waals surface area contributed by atoms with E-state index in [4.69, 9.17) is 4.74 Å². The summed E-state index contributed by atoms with van der Waals surface area (Å²) >= 11 is 3.18. The molecule has 0 atom stereocenters. The molecule has 1 aliphatic carbocycles. The van der Waals surface area contributed by atoms with Gasteiger partial charge in [0, 0.05) is 10.5 Å². The van der Waals surface area contributed by atoms with Crippen LogP contribution >= 0.6 is 15.9 Å². The average Bonchev–Trinajstić information content (AvgIpc) is 2.75. The molecule has 0 radical (unpaired) electrons. The number of nitro benzene ring substituents is 1. The first-order valence-electron chi connectivity index (χ1n) is 5.79. The van der Waals surface area contributed by atoms with Crippen molar-refractivity contribution in [3.05, 3.63) is 32.8 Å². The lowest BCUT2D eigenvalue weighted by Crippen LogP contribution is -2.32. The summed E-state index contributed by atoms with van der Waals surface area (Å²) in [4.78, 5) is 10.4. The summed E-state index contributed by atoms with van der Waals surface area (Å²) in [5, 5.41) is 21.0. The Bertz CT molecular complexity index is 457. The highest BCUT2D eigenvalue weighted by Gasteiger charge is 2.32. The Morgan fingerprint density at radius 2 is 2.11 bits per heavy atom. The first-order valence-corrected chi connectivity index (χ1v) is 6.59. The van der Waals surface area contributed by atoms with E-state index in [1.165, 1.54) is 6.07 Å². The van der Waals surface area contributed by atoms with Gasteiger partial charge in [-0.2, -0.15) is 0 Å². The van der Waals surface area contributed by atoms with Gasteiger partial charge in [-0.25, -0.2) is 0 Å². The van der Waals surface area contributed by atoms with Crippen molar-refractivity contribution >= 4 is 21.6 Å². The Morgan fingerprint density at radius 1 is 1.44 bits per heavy atom. The summed E-state index contributed by atoms with van der Waals surface area (Å²) in [6, 6.07) is 4.62. The fraction of sp³-hybridized carbons (Fsp3) is 0.500. The van der Waals surface area contributed by atoms with Crippen molar-refractivity contribution in [2.24, 2.45) is 0 Å². The van der Waals surface area contributed by atoms with Crippen LogP contribution < -0.4 is 4.74 Å². The van der Waals surface area contributed by atoms with Gasteiger partial charge in [0.1, 0.15) is 6.61 Å². The van der Waals surface area contributed by atoms with Crippen LogP contribution in [-0.4, -0.2) is 22.2 Å². The largest absolute Gasteiger partial charge is 0.484 e. The molecule has 1 fully saturated rings. The fourth-order valence-corrected chi connectivity index (χ4v) is 2.49. The van der Waals surface area contributed by atoms with Crippen LogP contribution in [0, 0.1) is 10.1 Å². The highest BCUT2D eigenvalue weighted by molar-refractivity contribution is 9.10. The SMILES string of the molecule is O=[N+]([O-])c1cc(Br)ccc1OCC1(O)CCCC1. The minimum absolute atomic E-state index is 0.0917. The topological polar surface area (TPSA) is 72.6 Å². The Balaban J connectivity index is 2.11. The van der Waals surface area contributed by atoms with Crippen molar-refractivity contribution in [3.63, 3.8) is 0 Å². The first kappa shape index (κ1) is 13.3. The minimum Gasteiger partial charge on any atom is -0.484 e. The van der Waals surface area contributed by atoms with Gasteiger partial charge in [-0.15, -0.1) is 0 Å². The third-order valence-corrected chi connectivity index (χ3v) is 3.64. The second-order valence-corrected chi connectivity index (χ2v) is 5.50. The Kier molecular flexibility index (Phi) is 3.87. The summed E-state index contributed by atoms with van der Waals surface area (Å²) < 4.78 is 6.05. The summed E-state index contributed by atoms with van der Waals surface area (Å²) in [5.74, 6) is 0.198. The molecule has 0 saturated heterocycles. The molecular weight excluding hydrogens is 302 g/mol. The van der Waals surface area contributed by atoms with Crippen LogP contribution in [0.1, 0.15) is 25.7 Å². The van der Waals surface area contributed by atoms with Gasteiger partial charge in [0.05, 0.1) is 10.5 Å². The van der Waals surface area contributed by atoms with E-state index in [1.807, 2.05) is 0 Å². The van der Waals surface area contributed by atoms with Gasteiger partial charge < -0.3 is 9.84 Å². The van der Waals surface area contributed by atoms with E-state index >= 15 is 0 Å². The quantitative estimate of drug-likeness (QED) is 0.684. The molecule has 0 aliphatic heterocycles. The summed E-state index contributed by atoms with van der Waals surface area (Å²) in [6.07, 6.45) is 3.33. The van der Waals surface area contributed by atoms with Crippen molar-refractivity contribution in [1.29, 1.82) is 0 Å². The van der Waals surface area contributed by atoms with E-state index in [-0.39, 0.29) is 18.0 Å². The molecule has 0 unspecified atom stereocenters. The number of benzene rings is 1.